The molecule has 0 radical (unpaired) electrons. The second-order valence-corrected chi connectivity index (χ2v) is 6.26. The van der Waals surface area contributed by atoms with Gasteiger partial charge >= 0.3 is 0 Å². The van der Waals surface area contributed by atoms with Crippen LogP contribution in [0.5, 0.6) is 5.75 Å². The Hall–Kier alpha value is 0.160. The lowest BCUT2D eigenvalue weighted by atomic mass is 10.2. The van der Waals surface area contributed by atoms with Crippen LogP contribution >= 0.6 is 47.8 Å². The number of rotatable bonds is 5. The maximum absolute atomic E-state index is 5.92. The molecule has 1 heterocycles. The molecule has 2 rings (SSSR count). The zero-order valence-corrected chi connectivity index (χ0v) is 13.7. The molecule has 1 fully saturated rings. The highest BCUT2D eigenvalue weighted by atomic mass is 79.9. The first kappa shape index (κ1) is 13.6. The molecule has 0 amide bonds. The molecule has 0 aromatic heterocycles. The summed E-state index contributed by atoms with van der Waals surface area (Å²) in [6.45, 7) is 4.52. The van der Waals surface area contributed by atoms with Crippen LogP contribution in [0, 0.1) is 0 Å². The summed E-state index contributed by atoms with van der Waals surface area (Å²) in [5.74, 6) is 0.814. The van der Waals surface area contributed by atoms with Crippen molar-refractivity contribution in [2.24, 2.45) is 0 Å². The third kappa shape index (κ3) is 3.56. The molecule has 17 heavy (non-hydrogen) atoms. The van der Waals surface area contributed by atoms with Gasteiger partial charge in [0.15, 0.2) is 0 Å². The van der Waals surface area contributed by atoms with Crippen molar-refractivity contribution in [2.75, 3.05) is 6.61 Å². The van der Waals surface area contributed by atoms with E-state index in [1.807, 2.05) is 18.2 Å². The van der Waals surface area contributed by atoms with E-state index in [0.717, 1.165) is 32.2 Å². The zero-order valence-electron chi connectivity index (χ0n) is 8.96. The van der Waals surface area contributed by atoms with Crippen molar-refractivity contribution in [2.45, 2.75) is 18.6 Å². The van der Waals surface area contributed by atoms with Crippen LogP contribution < -0.4 is 4.74 Å². The van der Waals surface area contributed by atoms with Gasteiger partial charge in [0.1, 0.15) is 18.0 Å². The van der Waals surface area contributed by atoms with Crippen molar-refractivity contribution < 1.29 is 9.47 Å². The SMILES string of the molecule is C=CCC(Oc1cc(Br)c(Br)c(Br)c1)C1CO1. The fraction of sp³-hybridized carbons (Fsp3) is 0.333. The zero-order chi connectivity index (χ0) is 12.4. The van der Waals surface area contributed by atoms with E-state index in [0.29, 0.717) is 0 Å². The molecule has 1 aliphatic rings. The van der Waals surface area contributed by atoms with Crippen LogP contribution in [0.3, 0.4) is 0 Å². The van der Waals surface area contributed by atoms with Crippen LogP contribution in [0.15, 0.2) is 38.2 Å². The van der Waals surface area contributed by atoms with Gasteiger partial charge in [-0.1, -0.05) is 6.08 Å². The Labute approximate surface area is 126 Å². The minimum atomic E-state index is 0.0486. The van der Waals surface area contributed by atoms with Crippen molar-refractivity contribution in [1.29, 1.82) is 0 Å². The van der Waals surface area contributed by atoms with Crippen LogP contribution in [0.2, 0.25) is 0 Å². The predicted molar refractivity (Wildman–Crippen MR) is 78.5 cm³/mol. The summed E-state index contributed by atoms with van der Waals surface area (Å²) in [5, 5.41) is 0. The van der Waals surface area contributed by atoms with Gasteiger partial charge in [0.25, 0.3) is 0 Å². The lowest BCUT2D eigenvalue weighted by Crippen LogP contribution is -2.22. The molecule has 1 aliphatic heterocycles. The number of hydrogen-bond donors (Lipinski definition) is 0. The molecule has 0 saturated carbocycles. The molecule has 0 N–H and O–H groups in total. The second-order valence-electron chi connectivity index (χ2n) is 3.75. The highest BCUT2D eigenvalue weighted by Gasteiger charge is 2.33. The summed E-state index contributed by atoms with van der Waals surface area (Å²) in [6, 6.07) is 3.88. The molecule has 2 atom stereocenters. The fourth-order valence-electron chi connectivity index (χ4n) is 1.49. The molecule has 1 saturated heterocycles. The number of halogens is 3. The number of benzene rings is 1. The van der Waals surface area contributed by atoms with E-state index >= 15 is 0 Å². The van der Waals surface area contributed by atoms with E-state index in [2.05, 4.69) is 54.4 Å². The normalized spacial score (nSPS) is 19.8. The van der Waals surface area contributed by atoms with Gasteiger partial charge in [-0.2, -0.15) is 0 Å². The van der Waals surface area contributed by atoms with Crippen LogP contribution in [0.25, 0.3) is 0 Å². The molecule has 1 aromatic carbocycles. The van der Waals surface area contributed by atoms with E-state index in [9.17, 15) is 0 Å². The Morgan fingerprint density at radius 3 is 2.47 bits per heavy atom. The van der Waals surface area contributed by atoms with Gasteiger partial charge in [-0.15, -0.1) is 6.58 Å². The summed E-state index contributed by atoms with van der Waals surface area (Å²) >= 11 is 10.4. The highest BCUT2D eigenvalue weighted by Crippen LogP contribution is 2.36. The largest absolute Gasteiger partial charge is 0.487 e. The van der Waals surface area contributed by atoms with Crippen molar-refractivity contribution in [1.82, 2.24) is 0 Å². The highest BCUT2D eigenvalue weighted by molar-refractivity contribution is 9.14. The predicted octanol–water partition coefficient (Wildman–Crippen LogP) is 4.70. The smallest absolute Gasteiger partial charge is 0.130 e. The Balaban J connectivity index is 2.13. The molecular weight excluding hydrogens is 416 g/mol. The van der Waals surface area contributed by atoms with Crippen molar-refractivity contribution >= 4 is 47.8 Å². The molecule has 0 aliphatic carbocycles. The molecular formula is C12H11Br3O2. The van der Waals surface area contributed by atoms with Crippen molar-refractivity contribution in [3.8, 4) is 5.75 Å². The quantitative estimate of drug-likeness (QED) is 0.387. The van der Waals surface area contributed by atoms with E-state index in [-0.39, 0.29) is 12.2 Å². The maximum atomic E-state index is 5.92. The van der Waals surface area contributed by atoms with Crippen molar-refractivity contribution in [3.05, 3.63) is 38.2 Å². The van der Waals surface area contributed by atoms with Gasteiger partial charge in [0.05, 0.1) is 6.61 Å². The Kier molecular flexibility index (Phi) is 4.69. The standard InChI is InChI=1S/C12H11Br3O2/c1-2-3-10(11-6-16-11)17-7-4-8(13)12(15)9(14)5-7/h2,4-5,10-11H,1,3,6H2. The number of hydrogen-bond acceptors (Lipinski definition) is 2. The lowest BCUT2D eigenvalue weighted by Gasteiger charge is -2.16. The molecule has 0 spiro atoms. The van der Waals surface area contributed by atoms with Crippen molar-refractivity contribution in [3.63, 3.8) is 0 Å². The van der Waals surface area contributed by atoms with E-state index in [4.69, 9.17) is 9.47 Å². The second kappa shape index (κ2) is 5.87. The van der Waals surface area contributed by atoms with E-state index in [1.165, 1.54) is 0 Å². The summed E-state index contributed by atoms with van der Waals surface area (Å²) in [4.78, 5) is 0. The monoisotopic (exact) mass is 424 g/mol. The van der Waals surface area contributed by atoms with Gasteiger partial charge in [0.2, 0.25) is 0 Å². The topological polar surface area (TPSA) is 21.8 Å². The summed E-state index contributed by atoms with van der Waals surface area (Å²) in [5.41, 5.74) is 0. The summed E-state index contributed by atoms with van der Waals surface area (Å²) in [7, 11) is 0. The third-order valence-electron chi connectivity index (χ3n) is 2.42. The molecule has 5 heteroatoms. The first-order valence-corrected chi connectivity index (χ1v) is 7.53. The van der Waals surface area contributed by atoms with E-state index in [1.54, 1.807) is 0 Å². The maximum Gasteiger partial charge on any atom is 0.130 e. The Morgan fingerprint density at radius 1 is 1.41 bits per heavy atom. The van der Waals surface area contributed by atoms with E-state index < -0.39 is 0 Å². The summed E-state index contributed by atoms with van der Waals surface area (Å²) < 4.78 is 14.1. The van der Waals surface area contributed by atoms with Gasteiger partial charge in [-0.3, -0.25) is 0 Å². The molecule has 1 aromatic rings. The van der Waals surface area contributed by atoms with Crippen LogP contribution in [-0.2, 0) is 4.74 Å². The Morgan fingerprint density at radius 2 is 2.00 bits per heavy atom. The van der Waals surface area contributed by atoms with Crippen LogP contribution in [0.4, 0.5) is 0 Å². The van der Waals surface area contributed by atoms with Crippen LogP contribution in [-0.4, -0.2) is 18.8 Å². The third-order valence-corrected chi connectivity index (χ3v) is 5.59. The molecule has 2 unspecified atom stereocenters. The van der Waals surface area contributed by atoms with Crippen LogP contribution in [0.1, 0.15) is 6.42 Å². The number of epoxide rings is 1. The average Bonchev–Trinajstić information content (AvgIpc) is 3.09. The average molecular weight is 427 g/mol. The minimum absolute atomic E-state index is 0.0486. The first-order chi connectivity index (χ1) is 8.11. The van der Waals surface area contributed by atoms with Gasteiger partial charge < -0.3 is 9.47 Å². The fourth-order valence-corrected chi connectivity index (χ4v) is 2.86. The lowest BCUT2D eigenvalue weighted by molar-refractivity contribution is 0.161. The van der Waals surface area contributed by atoms with Gasteiger partial charge in [-0.05, 0) is 59.9 Å². The van der Waals surface area contributed by atoms with Gasteiger partial charge in [0, 0.05) is 19.8 Å². The number of ether oxygens (including phenoxy) is 2. The molecule has 2 nitrogen and oxygen atoms in total. The summed E-state index contributed by atoms with van der Waals surface area (Å²) in [6.07, 6.45) is 2.90. The minimum Gasteiger partial charge on any atom is -0.487 e. The molecule has 92 valence electrons. The Bertz CT molecular complexity index is 407. The molecule has 0 bridgehead atoms. The van der Waals surface area contributed by atoms with Gasteiger partial charge in [-0.25, -0.2) is 0 Å². The first-order valence-electron chi connectivity index (χ1n) is 5.15.